The molecule has 0 radical (unpaired) electrons. The van der Waals surface area contributed by atoms with Gasteiger partial charge in [0.05, 0.1) is 11.4 Å². The second-order valence-corrected chi connectivity index (χ2v) is 8.18. The summed E-state index contributed by atoms with van der Waals surface area (Å²) in [6, 6.07) is 6.63. The lowest BCUT2D eigenvalue weighted by atomic mass is 10.1. The average molecular weight is 402 g/mol. The number of aromatic nitrogens is 3. The van der Waals surface area contributed by atoms with E-state index in [0.29, 0.717) is 30.6 Å². The van der Waals surface area contributed by atoms with E-state index in [1.165, 1.54) is 11.8 Å². The van der Waals surface area contributed by atoms with Crippen LogP contribution in [0.2, 0.25) is 0 Å². The molecule has 1 aromatic carbocycles. The molecule has 1 fully saturated rings. The predicted molar refractivity (Wildman–Crippen MR) is 110 cm³/mol. The van der Waals surface area contributed by atoms with Gasteiger partial charge in [0.25, 0.3) is 0 Å². The maximum atomic E-state index is 12.1. The molecule has 1 saturated carbocycles. The largest absolute Gasteiger partial charge is 0.355 e. The highest BCUT2D eigenvalue weighted by atomic mass is 32.2. The topological polar surface area (TPSA) is 88.9 Å². The van der Waals surface area contributed by atoms with Crippen LogP contribution in [0.15, 0.2) is 23.4 Å². The first-order chi connectivity index (χ1) is 13.4. The number of amides is 2. The summed E-state index contributed by atoms with van der Waals surface area (Å²) in [5.74, 6) is 1.05. The van der Waals surface area contributed by atoms with E-state index in [1.807, 2.05) is 18.4 Å². The van der Waals surface area contributed by atoms with E-state index in [0.717, 1.165) is 35.5 Å². The standard InChI is InChI=1S/C20H27N5O2S/c1-13-6-7-14(2)17(11-13)25-15(3)23-24-20(25)28-12-19(27)21-10-4-5-18(26)22-16-8-9-16/h6-7,11,16H,4-5,8-10,12H2,1-3H3,(H,21,27)(H,22,26). The van der Waals surface area contributed by atoms with Crippen molar-refractivity contribution < 1.29 is 9.59 Å². The maximum Gasteiger partial charge on any atom is 0.230 e. The highest BCUT2D eigenvalue weighted by molar-refractivity contribution is 7.99. The van der Waals surface area contributed by atoms with Crippen molar-refractivity contribution in [2.45, 2.75) is 57.7 Å². The first-order valence-corrected chi connectivity index (χ1v) is 10.6. The molecule has 2 N–H and O–H groups in total. The smallest absolute Gasteiger partial charge is 0.230 e. The lowest BCUT2D eigenvalue weighted by molar-refractivity contribution is -0.122. The minimum atomic E-state index is -0.0687. The summed E-state index contributed by atoms with van der Waals surface area (Å²) in [6.07, 6.45) is 3.27. The molecule has 2 aromatic rings. The molecule has 7 nitrogen and oxygen atoms in total. The fourth-order valence-electron chi connectivity index (χ4n) is 2.86. The van der Waals surface area contributed by atoms with Gasteiger partial charge in [0.15, 0.2) is 5.16 Å². The molecule has 0 bridgehead atoms. The average Bonchev–Trinajstić information content (AvgIpc) is 3.39. The second-order valence-electron chi connectivity index (χ2n) is 7.24. The highest BCUT2D eigenvalue weighted by Gasteiger charge is 2.22. The van der Waals surface area contributed by atoms with Crippen LogP contribution in [0.4, 0.5) is 0 Å². The lowest BCUT2D eigenvalue weighted by Crippen LogP contribution is -2.29. The van der Waals surface area contributed by atoms with Crippen LogP contribution in [-0.4, -0.2) is 44.9 Å². The molecule has 3 rings (SSSR count). The molecule has 8 heteroatoms. The third-order valence-corrected chi connectivity index (χ3v) is 5.51. The normalized spacial score (nSPS) is 13.4. The fraction of sp³-hybridized carbons (Fsp3) is 0.500. The molecule has 0 atom stereocenters. The molecule has 2 amide bonds. The Morgan fingerprint density at radius 1 is 1.18 bits per heavy atom. The number of carbonyl (C=O) groups is 2. The van der Waals surface area contributed by atoms with Crippen LogP contribution in [0, 0.1) is 20.8 Å². The third kappa shape index (κ3) is 5.58. The van der Waals surface area contributed by atoms with Crippen LogP contribution in [0.5, 0.6) is 0 Å². The van der Waals surface area contributed by atoms with E-state index in [2.05, 4.69) is 46.0 Å². The zero-order valence-corrected chi connectivity index (χ0v) is 17.4. The summed E-state index contributed by atoms with van der Waals surface area (Å²) in [6.45, 7) is 6.51. The zero-order valence-electron chi connectivity index (χ0n) is 16.6. The summed E-state index contributed by atoms with van der Waals surface area (Å²) < 4.78 is 1.99. The van der Waals surface area contributed by atoms with Crippen molar-refractivity contribution in [1.29, 1.82) is 0 Å². The Balaban J connectivity index is 1.48. The molecule has 1 aromatic heterocycles. The number of nitrogens with zero attached hydrogens (tertiary/aromatic N) is 3. The van der Waals surface area contributed by atoms with Gasteiger partial charge in [-0.05, 0) is 57.2 Å². The van der Waals surface area contributed by atoms with E-state index < -0.39 is 0 Å². The minimum Gasteiger partial charge on any atom is -0.355 e. The molecule has 28 heavy (non-hydrogen) atoms. The number of nitrogens with one attached hydrogen (secondary N) is 2. The molecule has 0 saturated heterocycles. The van der Waals surface area contributed by atoms with Crippen molar-refractivity contribution in [3.05, 3.63) is 35.2 Å². The first-order valence-electron chi connectivity index (χ1n) is 9.62. The van der Waals surface area contributed by atoms with Crippen molar-refractivity contribution >= 4 is 23.6 Å². The molecule has 0 unspecified atom stereocenters. The van der Waals surface area contributed by atoms with Crippen LogP contribution < -0.4 is 10.6 Å². The van der Waals surface area contributed by atoms with Crippen molar-refractivity contribution in [1.82, 2.24) is 25.4 Å². The van der Waals surface area contributed by atoms with Gasteiger partial charge in [-0.25, -0.2) is 0 Å². The molecule has 0 spiro atoms. The third-order valence-electron chi connectivity index (χ3n) is 4.58. The van der Waals surface area contributed by atoms with Crippen molar-refractivity contribution in [2.24, 2.45) is 0 Å². The molecule has 1 heterocycles. The van der Waals surface area contributed by atoms with Gasteiger partial charge in [0, 0.05) is 19.0 Å². The molecular weight excluding hydrogens is 374 g/mol. The number of rotatable bonds is 9. The van der Waals surface area contributed by atoms with Gasteiger partial charge in [-0.1, -0.05) is 23.9 Å². The summed E-state index contributed by atoms with van der Waals surface area (Å²) in [5.41, 5.74) is 3.32. The van der Waals surface area contributed by atoms with Gasteiger partial charge in [0.2, 0.25) is 11.8 Å². The van der Waals surface area contributed by atoms with Crippen LogP contribution in [0.1, 0.15) is 42.6 Å². The molecular formula is C20H27N5O2S. The van der Waals surface area contributed by atoms with Gasteiger partial charge in [-0.15, -0.1) is 10.2 Å². The predicted octanol–water partition coefficient (Wildman–Crippen LogP) is 2.46. The second kappa shape index (κ2) is 9.23. The molecule has 1 aliphatic rings. The first kappa shape index (κ1) is 20.4. The number of hydrogen-bond donors (Lipinski definition) is 2. The Hall–Kier alpha value is -2.35. The highest BCUT2D eigenvalue weighted by Crippen LogP contribution is 2.24. The Labute approximate surface area is 169 Å². The van der Waals surface area contributed by atoms with Crippen LogP contribution >= 0.6 is 11.8 Å². The van der Waals surface area contributed by atoms with Gasteiger partial charge < -0.3 is 10.6 Å². The van der Waals surface area contributed by atoms with E-state index in [1.54, 1.807) is 0 Å². The Morgan fingerprint density at radius 2 is 1.96 bits per heavy atom. The minimum absolute atomic E-state index is 0.0687. The van der Waals surface area contributed by atoms with E-state index in [9.17, 15) is 9.59 Å². The Kier molecular flexibility index (Phi) is 6.72. The van der Waals surface area contributed by atoms with Crippen LogP contribution in [0.25, 0.3) is 5.69 Å². The number of benzene rings is 1. The van der Waals surface area contributed by atoms with Crippen LogP contribution in [0.3, 0.4) is 0 Å². The quantitative estimate of drug-likeness (QED) is 0.498. The van der Waals surface area contributed by atoms with Crippen LogP contribution in [-0.2, 0) is 9.59 Å². The van der Waals surface area contributed by atoms with Crippen molar-refractivity contribution in [3.8, 4) is 5.69 Å². The fourth-order valence-corrected chi connectivity index (χ4v) is 3.68. The van der Waals surface area contributed by atoms with Crippen molar-refractivity contribution in [2.75, 3.05) is 12.3 Å². The Bertz CT molecular complexity index is 860. The zero-order chi connectivity index (χ0) is 20.1. The lowest BCUT2D eigenvalue weighted by Gasteiger charge is -2.12. The summed E-state index contributed by atoms with van der Waals surface area (Å²) in [4.78, 5) is 23.8. The van der Waals surface area contributed by atoms with E-state index >= 15 is 0 Å². The number of carbonyl (C=O) groups excluding carboxylic acids is 2. The van der Waals surface area contributed by atoms with E-state index in [4.69, 9.17) is 0 Å². The Morgan fingerprint density at radius 3 is 2.71 bits per heavy atom. The monoisotopic (exact) mass is 401 g/mol. The summed E-state index contributed by atoms with van der Waals surface area (Å²) in [5, 5.41) is 14.9. The van der Waals surface area contributed by atoms with Gasteiger partial charge >= 0.3 is 0 Å². The van der Waals surface area contributed by atoms with Gasteiger partial charge in [-0.3, -0.25) is 14.2 Å². The SMILES string of the molecule is Cc1ccc(C)c(-n2c(C)nnc2SCC(=O)NCCCC(=O)NC2CC2)c1. The number of hydrogen-bond acceptors (Lipinski definition) is 5. The van der Waals surface area contributed by atoms with Gasteiger partial charge in [-0.2, -0.15) is 0 Å². The van der Waals surface area contributed by atoms with Crippen molar-refractivity contribution in [3.63, 3.8) is 0 Å². The molecule has 150 valence electrons. The molecule has 1 aliphatic carbocycles. The number of thioether (sulfide) groups is 1. The maximum absolute atomic E-state index is 12.1. The summed E-state index contributed by atoms with van der Waals surface area (Å²) >= 11 is 1.36. The number of aryl methyl sites for hydroxylation is 3. The van der Waals surface area contributed by atoms with E-state index in [-0.39, 0.29) is 17.6 Å². The molecule has 0 aliphatic heterocycles. The summed E-state index contributed by atoms with van der Waals surface area (Å²) in [7, 11) is 0. The van der Waals surface area contributed by atoms with Gasteiger partial charge in [0.1, 0.15) is 5.82 Å².